The van der Waals surface area contributed by atoms with Crippen LogP contribution in [0.2, 0.25) is 0 Å². The van der Waals surface area contributed by atoms with Crippen molar-refractivity contribution in [3.05, 3.63) is 59.8 Å². The highest BCUT2D eigenvalue weighted by Crippen LogP contribution is 2.38. The molecule has 0 unspecified atom stereocenters. The van der Waals surface area contributed by atoms with Crippen molar-refractivity contribution in [2.75, 3.05) is 31.5 Å². The van der Waals surface area contributed by atoms with E-state index in [1.165, 1.54) is 24.5 Å². The highest BCUT2D eigenvalue weighted by Gasteiger charge is 2.23. The topological polar surface area (TPSA) is 94.6 Å². The summed E-state index contributed by atoms with van der Waals surface area (Å²) in [5.74, 6) is 1.17. The average molecular weight is 473 g/mol. The molecule has 1 saturated carbocycles. The van der Waals surface area contributed by atoms with Crippen LogP contribution in [0.1, 0.15) is 42.9 Å². The van der Waals surface area contributed by atoms with Gasteiger partial charge in [0.05, 0.1) is 5.69 Å². The third kappa shape index (κ3) is 4.74. The van der Waals surface area contributed by atoms with Crippen LogP contribution in [-0.4, -0.2) is 56.2 Å². The van der Waals surface area contributed by atoms with Crippen molar-refractivity contribution >= 4 is 22.7 Å². The summed E-state index contributed by atoms with van der Waals surface area (Å²) in [5.41, 5.74) is 3.97. The van der Waals surface area contributed by atoms with Crippen molar-refractivity contribution in [2.45, 2.75) is 38.1 Å². The fourth-order valence-corrected chi connectivity index (χ4v) is 5.18. The Morgan fingerprint density at radius 1 is 1.06 bits per heavy atom. The molecule has 35 heavy (non-hydrogen) atoms. The Balaban J connectivity index is 1.21. The Morgan fingerprint density at radius 2 is 1.91 bits per heavy atom. The van der Waals surface area contributed by atoms with Gasteiger partial charge in [-0.1, -0.05) is 18.9 Å². The van der Waals surface area contributed by atoms with Crippen LogP contribution in [0.3, 0.4) is 0 Å². The van der Waals surface area contributed by atoms with Gasteiger partial charge in [-0.2, -0.15) is 5.10 Å². The quantitative estimate of drug-likeness (QED) is 0.384. The average Bonchev–Trinajstić information content (AvgIpc) is 3.56. The molecule has 4 heterocycles. The van der Waals surface area contributed by atoms with E-state index in [4.69, 9.17) is 0 Å². The number of aromatic amines is 1. The first-order valence-corrected chi connectivity index (χ1v) is 12.4. The van der Waals surface area contributed by atoms with E-state index in [-0.39, 0.29) is 5.82 Å². The van der Waals surface area contributed by atoms with Crippen LogP contribution in [0.25, 0.3) is 22.2 Å². The molecule has 0 radical (unpaired) electrons. The molecule has 0 amide bonds. The monoisotopic (exact) mass is 472 g/mol. The lowest BCUT2D eigenvalue weighted by Crippen LogP contribution is -2.42. The Hall–Kier alpha value is -3.43. The number of nitrogens with one attached hydrogen (secondary N) is 3. The van der Waals surface area contributed by atoms with Crippen LogP contribution in [0, 0.1) is 5.82 Å². The predicted octanol–water partition coefficient (Wildman–Crippen LogP) is 4.36. The Labute approximate surface area is 203 Å². The maximum Gasteiger partial charge on any atom is 0.228 e. The summed E-state index contributed by atoms with van der Waals surface area (Å²) in [6, 6.07) is 9.31. The van der Waals surface area contributed by atoms with Crippen molar-refractivity contribution in [1.82, 2.24) is 35.4 Å². The molecule has 9 heteroatoms. The third-order valence-corrected chi connectivity index (χ3v) is 7.04. The molecule has 1 saturated heterocycles. The number of halogens is 1. The van der Waals surface area contributed by atoms with Crippen LogP contribution in [0.15, 0.2) is 42.7 Å². The zero-order valence-electron chi connectivity index (χ0n) is 19.6. The van der Waals surface area contributed by atoms with Gasteiger partial charge < -0.3 is 10.6 Å². The summed E-state index contributed by atoms with van der Waals surface area (Å²) < 4.78 is 14.9. The number of benzene rings is 1. The van der Waals surface area contributed by atoms with Gasteiger partial charge in [0.1, 0.15) is 11.3 Å². The molecule has 2 fully saturated rings. The number of anilines is 2. The van der Waals surface area contributed by atoms with E-state index in [2.05, 4.69) is 46.7 Å². The molecule has 0 bridgehead atoms. The van der Waals surface area contributed by atoms with Crippen molar-refractivity contribution in [1.29, 1.82) is 0 Å². The van der Waals surface area contributed by atoms with Gasteiger partial charge in [-0.25, -0.2) is 19.3 Å². The molecule has 1 aromatic carbocycles. The lowest BCUT2D eigenvalue weighted by Gasteiger charge is -2.27. The van der Waals surface area contributed by atoms with Crippen molar-refractivity contribution in [3.63, 3.8) is 0 Å². The molecule has 3 N–H and O–H groups in total. The predicted molar refractivity (Wildman–Crippen MR) is 134 cm³/mol. The lowest BCUT2D eigenvalue weighted by molar-refractivity contribution is 0.233. The highest BCUT2D eigenvalue weighted by atomic mass is 19.1. The number of H-pyrrole nitrogens is 1. The largest absolute Gasteiger partial charge is 0.314 e. The maximum absolute atomic E-state index is 14.9. The molecule has 6 rings (SSSR count). The number of hydrogen-bond donors (Lipinski definition) is 3. The molecule has 1 aliphatic carbocycles. The van der Waals surface area contributed by atoms with E-state index >= 15 is 0 Å². The summed E-state index contributed by atoms with van der Waals surface area (Å²) in [6.45, 7) is 5.05. The Morgan fingerprint density at radius 3 is 2.71 bits per heavy atom. The van der Waals surface area contributed by atoms with Crippen molar-refractivity contribution < 1.29 is 4.39 Å². The molecule has 4 aromatic rings. The zero-order chi connectivity index (χ0) is 23.6. The Kier molecular flexibility index (Phi) is 6.10. The van der Waals surface area contributed by atoms with E-state index in [1.54, 1.807) is 12.3 Å². The van der Waals surface area contributed by atoms with E-state index in [1.807, 2.05) is 18.3 Å². The van der Waals surface area contributed by atoms with Crippen LogP contribution in [-0.2, 0) is 6.54 Å². The van der Waals surface area contributed by atoms with Crippen LogP contribution in [0.4, 0.5) is 16.2 Å². The fraction of sp³-hybridized carbons (Fsp3) is 0.385. The van der Waals surface area contributed by atoms with Gasteiger partial charge in [-0.15, -0.1) is 0 Å². The smallest absolute Gasteiger partial charge is 0.228 e. The summed E-state index contributed by atoms with van der Waals surface area (Å²) in [4.78, 5) is 15.9. The maximum atomic E-state index is 14.9. The van der Waals surface area contributed by atoms with E-state index in [0.717, 1.165) is 56.6 Å². The number of hydrogen-bond acceptors (Lipinski definition) is 7. The number of pyridine rings is 1. The summed E-state index contributed by atoms with van der Waals surface area (Å²) in [6.07, 6.45) is 8.22. The molecule has 180 valence electrons. The number of nitrogens with zero attached hydrogens (tertiary/aromatic N) is 5. The van der Waals surface area contributed by atoms with Gasteiger partial charge in [0, 0.05) is 67.7 Å². The van der Waals surface area contributed by atoms with E-state index in [0.29, 0.717) is 34.5 Å². The molecule has 0 spiro atoms. The van der Waals surface area contributed by atoms with Crippen molar-refractivity contribution in [3.8, 4) is 11.3 Å². The molecule has 3 aromatic heterocycles. The number of rotatable bonds is 6. The van der Waals surface area contributed by atoms with Gasteiger partial charge in [0.25, 0.3) is 0 Å². The first-order valence-electron chi connectivity index (χ1n) is 12.4. The molecular formula is C26H29FN8. The first-order chi connectivity index (χ1) is 17.2. The van der Waals surface area contributed by atoms with Gasteiger partial charge in [-0.05, 0) is 42.7 Å². The molecular weight excluding hydrogens is 443 g/mol. The summed E-state index contributed by atoms with van der Waals surface area (Å²) >= 11 is 0. The minimum atomic E-state index is -0.340. The van der Waals surface area contributed by atoms with Crippen LogP contribution >= 0.6 is 0 Å². The number of fused-ring (bicyclic) bond motifs is 1. The lowest BCUT2D eigenvalue weighted by atomic mass is 9.98. The second-order valence-electron chi connectivity index (χ2n) is 9.44. The molecule has 1 aliphatic heterocycles. The normalized spacial score (nSPS) is 17.3. The zero-order valence-corrected chi connectivity index (χ0v) is 19.6. The fourth-order valence-electron chi connectivity index (χ4n) is 5.18. The Bertz CT molecular complexity index is 1310. The van der Waals surface area contributed by atoms with Crippen molar-refractivity contribution in [2.24, 2.45) is 0 Å². The minimum Gasteiger partial charge on any atom is -0.314 e. The first kappa shape index (κ1) is 22.1. The standard InChI is InChI=1S/C26H29FN8/c27-21-14-19(13-20-24(33-34-25(20)21)18-3-1-2-4-18)22-7-8-29-26(31-22)32-23-6-5-17(15-30-23)16-35-11-9-28-10-12-35/h5-8,13-15,18,28H,1-4,9-12,16H2,(H,33,34)(H,29,30,31,32). The SMILES string of the molecule is Fc1cc(-c2ccnc(Nc3ccc(CN4CCNCC4)cn3)n2)cc2c(C3CCCC3)[nH]nc12. The van der Waals surface area contributed by atoms with Gasteiger partial charge >= 0.3 is 0 Å². The minimum absolute atomic E-state index is 0.340. The number of aromatic nitrogens is 5. The van der Waals surface area contributed by atoms with Gasteiger partial charge in [0.2, 0.25) is 5.95 Å². The molecule has 0 atom stereocenters. The van der Waals surface area contributed by atoms with Crippen LogP contribution in [0.5, 0.6) is 0 Å². The van der Waals surface area contributed by atoms with Gasteiger partial charge in [0.15, 0.2) is 5.82 Å². The van der Waals surface area contributed by atoms with Crippen LogP contribution < -0.4 is 10.6 Å². The van der Waals surface area contributed by atoms with E-state index < -0.39 is 0 Å². The van der Waals surface area contributed by atoms with E-state index in [9.17, 15) is 4.39 Å². The summed E-state index contributed by atoms with van der Waals surface area (Å²) in [5, 5.41) is 14.8. The molecule has 8 nitrogen and oxygen atoms in total. The molecule has 2 aliphatic rings. The third-order valence-electron chi connectivity index (χ3n) is 7.04. The highest BCUT2D eigenvalue weighted by molar-refractivity contribution is 5.87. The second kappa shape index (κ2) is 9.67. The summed E-state index contributed by atoms with van der Waals surface area (Å²) in [7, 11) is 0. The van der Waals surface area contributed by atoms with Gasteiger partial charge in [-0.3, -0.25) is 10.00 Å². The second-order valence-corrected chi connectivity index (χ2v) is 9.44. The number of piperazine rings is 1.